The van der Waals surface area contributed by atoms with E-state index in [1.807, 2.05) is 19.1 Å². The van der Waals surface area contributed by atoms with Gasteiger partial charge in [0.25, 0.3) is 5.91 Å². The molecule has 0 aliphatic rings. The first-order chi connectivity index (χ1) is 6.24. The van der Waals surface area contributed by atoms with Crippen molar-refractivity contribution in [2.45, 2.75) is 6.92 Å². The Bertz CT molecular complexity index is 283. The summed E-state index contributed by atoms with van der Waals surface area (Å²) in [6.45, 7) is 3.10. The van der Waals surface area contributed by atoms with Crippen molar-refractivity contribution in [3.63, 3.8) is 0 Å². The number of thiophene rings is 1. The smallest absolute Gasteiger partial charge is 0.261 e. The van der Waals surface area contributed by atoms with Crippen LogP contribution >= 0.6 is 11.3 Å². The number of amides is 1. The lowest BCUT2D eigenvalue weighted by atomic mass is 10.4. The maximum Gasteiger partial charge on any atom is 0.261 e. The molecular formula is C9H13NO2S. The highest BCUT2D eigenvalue weighted by atomic mass is 32.1. The predicted octanol–water partition coefficient (Wildman–Crippen LogP) is 1.43. The van der Waals surface area contributed by atoms with Gasteiger partial charge in [-0.2, -0.15) is 0 Å². The van der Waals surface area contributed by atoms with Crippen LogP contribution in [0, 0.1) is 6.92 Å². The van der Waals surface area contributed by atoms with Crippen molar-refractivity contribution in [3.05, 3.63) is 21.9 Å². The van der Waals surface area contributed by atoms with Gasteiger partial charge >= 0.3 is 0 Å². The first-order valence-electron chi connectivity index (χ1n) is 4.07. The summed E-state index contributed by atoms with van der Waals surface area (Å²) in [7, 11) is 1.61. The number of methoxy groups -OCH3 is 1. The van der Waals surface area contributed by atoms with Crippen LogP contribution in [0.3, 0.4) is 0 Å². The fourth-order valence-electron chi connectivity index (χ4n) is 0.910. The normalized spacial score (nSPS) is 10.0. The maximum atomic E-state index is 11.4. The number of nitrogens with one attached hydrogen (secondary N) is 1. The van der Waals surface area contributed by atoms with Gasteiger partial charge in [-0.3, -0.25) is 4.79 Å². The molecule has 1 aromatic heterocycles. The molecule has 0 fully saturated rings. The monoisotopic (exact) mass is 199 g/mol. The van der Waals surface area contributed by atoms with Crippen molar-refractivity contribution < 1.29 is 9.53 Å². The average molecular weight is 199 g/mol. The van der Waals surface area contributed by atoms with Crippen molar-refractivity contribution >= 4 is 17.2 Å². The van der Waals surface area contributed by atoms with Crippen LogP contribution < -0.4 is 5.32 Å². The van der Waals surface area contributed by atoms with E-state index in [0.29, 0.717) is 13.2 Å². The topological polar surface area (TPSA) is 38.3 Å². The van der Waals surface area contributed by atoms with Gasteiger partial charge in [0.05, 0.1) is 11.5 Å². The Morgan fingerprint density at radius 2 is 2.38 bits per heavy atom. The fraction of sp³-hybridized carbons (Fsp3) is 0.444. The summed E-state index contributed by atoms with van der Waals surface area (Å²) in [6.07, 6.45) is 0. The van der Waals surface area contributed by atoms with E-state index in [-0.39, 0.29) is 5.91 Å². The van der Waals surface area contributed by atoms with Crippen LogP contribution in [0.5, 0.6) is 0 Å². The number of carbonyl (C=O) groups excluding carboxylic acids is 1. The third-order valence-electron chi connectivity index (χ3n) is 1.56. The molecule has 0 unspecified atom stereocenters. The minimum Gasteiger partial charge on any atom is -0.383 e. The quantitative estimate of drug-likeness (QED) is 0.745. The molecule has 72 valence electrons. The molecule has 0 aromatic carbocycles. The molecular weight excluding hydrogens is 186 g/mol. The van der Waals surface area contributed by atoms with Gasteiger partial charge in [-0.05, 0) is 19.1 Å². The second-order valence-corrected chi connectivity index (χ2v) is 3.95. The van der Waals surface area contributed by atoms with E-state index < -0.39 is 0 Å². The van der Waals surface area contributed by atoms with Crippen molar-refractivity contribution in [1.29, 1.82) is 0 Å². The Morgan fingerprint density at radius 3 is 2.92 bits per heavy atom. The molecule has 0 bridgehead atoms. The molecule has 13 heavy (non-hydrogen) atoms. The predicted molar refractivity (Wildman–Crippen MR) is 53.3 cm³/mol. The zero-order valence-corrected chi connectivity index (χ0v) is 8.61. The number of ether oxygens (including phenoxy) is 1. The molecule has 1 rings (SSSR count). The Morgan fingerprint density at radius 1 is 1.62 bits per heavy atom. The Balaban J connectivity index is 2.40. The maximum absolute atomic E-state index is 11.4. The van der Waals surface area contributed by atoms with Gasteiger partial charge in [0.1, 0.15) is 0 Å². The second-order valence-electron chi connectivity index (χ2n) is 2.66. The Kier molecular flexibility index (Phi) is 3.92. The number of carbonyl (C=O) groups is 1. The Hall–Kier alpha value is -0.870. The van der Waals surface area contributed by atoms with Gasteiger partial charge in [-0.1, -0.05) is 0 Å². The summed E-state index contributed by atoms with van der Waals surface area (Å²) in [4.78, 5) is 13.3. The minimum absolute atomic E-state index is 0.0184. The number of aryl methyl sites for hydroxylation is 1. The van der Waals surface area contributed by atoms with Gasteiger partial charge in [0.2, 0.25) is 0 Å². The molecule has 4 heteroatoms. The third kappa shape index (κ3) is 3.16. The van der Waals surface area contributed by atoms with Crippen molar-refractivity contribution in [1.82, 2.24) is 5.32 Å². The van der Waals surface area contributed by atoms with E-state index >= 15 is 0 Å². The van der Waals surface area contributed by atoms with Crippen LogP contribution in [0.1, 0.15) is 14.5 Å². The number of rotatable bonds is 4. The van der Waals surface area contributed by atoms with Crippen LogP contribution in [0.15, 0.2) is 12.1 Å². The molecule has 0 saturated heterocycles. The van der Waals surface area contributed by atoms with Gasteiger partial charge in [-0.15, -0.1) is 11.3 Å². The summed E-state index contributed by atoms with van der Waals surface area (Å²) in [5.41, 5.74) is 0. The highest BCUT2D eigenvalue weighted by Crippen LogP contribution is 2.14. The molecule has 0 radical (unpaired) electrons. The van der Waals surface area contributed by atoms with E-state index in [9.17, 15) is 4.79 Å². The van der Waals surface area contributed by atoms with E-state index in [1.165, 1.54) is 11.3 Å². The van der Waals surface area contributed by atoms with Crippen molar-refractivity contribution in [2.24, 2.45) is 0 Å². The lowest BCUT2D eigenvalue weighted by Gasteiger charge is -2.01. The van der Waals surface area contributed by atoms with Gasteiger partial charge < -0.3 is 10.1 Å². The average Bonchev–Trinajstić information content (AvgIpc) is 2.52. The minimum atomic E-state index is -0.0184. The highest BCUT2D eigenvalue weighted by molar-refractivity contribution is 7.13. The first kappa shape index (κ1) is 10.2. The lowest BCUT2D eigenvalue weighted by molar-refractivity contribution is 0.0941. The highest BCUT2D eigenvalue weighted by Gasteiger charge is 2.05. The Labute approximate surface area is 81.7 Å². The molecule has 1 heterocycles. The molecule has 0 atom stereocenters. The van der Waals surface area contributed by atoms with Crippen LogP contribution in [0.25, 0.3) is 0 Å². The largest absolute Gasteiger partial charge is 0.383 e. The molecule has 0 aliphatic carbocycles. The van der Waals surface area contributed by atoms with Crippen LogP contribution in [-0.2, 0) is 4.74 Å². The van der Waals surface area contributed by atoms with Crippen molar-refractivity contribution in [3.8, 4) is 0 Å². The van der Waals surface area contributed by atoms with Crippen LogP contribution in [0.4, 0.5) is 0 Å². The van der Waals surface area contributed by atoms with E-state index in [1.54, 1.807) is 7.11 Å². The zero-order valence-electron chi connectivity index (χ0n) is 7.79. The fourth-order valence-corrected chi connectivity index (χ4v) is 1.69. The van der Waals surface area contributed by atoms with Gasteiger partial charge in [0, 0.05) is 18.5 Å². The van der Waals surface area contributed by atoms with Crippen molar-refractivity contribution in [2.75, 3.05) is 20.3 Å². The molecule has 0 spiro atoms. The van der Waals surface area contributed by atoms with Gasteiger partial charge in [0.15, 0.2) is 0 Å². The van der Waals surface area contributed by atoms with E-state index in [0.717, 1.165) is 9.75 Å². The van der Waals surface area contributed by atoms with E-state index in [2.05, 4.69) is 5.32 Å². The SMILES string of the molecule is COCCNC(=O)c1ccc(C)s1. The van der Waals surface area contributed by atoms with Gasteiger partial charge in [-0.25, -0.2) is 0 Å². The third-order valence-corrected chi connectivity index (χ3v) is 2.56. The summed E-state index contributed by atoms with van der Waals surface area (Å²) >= 11 is 1.50. The summed E-state index contributed by atoms with van der Waals surface area (Å²) < 4.78 is 4.82. The molecule has 1 amide bonds. The lowest BCUT2D eigenvalue weighted by Crippen LogP contribution is -2.26. The molecule has 3 nitrogen and oxygen atoms in total. The summed E-state index contributed by atoms with van der Waals surface area (Å²) in [5, 5.41) is 2.76. The van der Waals surface area contributed by atoms with Crippen LogP contribution in [0.2, 0.25) is 0 Å². The molecule has 0 saturated carbocycles. The summed E-state index contributed by atoms with van der Waals surface area (Å²) in [5.74, 6) is -0.0184. The second kappa shape index (κ2) is 4.99. The molecule has 1 aromatic rings. The number of hydrogen-bond donors (Lipinski definition) is 1. The van der Waals surface area contributed by atoms with Crippen LogP contribution in [-0.4, -0.2) is 26.2 Å². The molecule has 0 aliphatic heterocycles. The molecule has 1 N–H and O–H groups in total. The standard InChI is InChI=1S/C9H13NO2S/c1-7-3-4-8(13-7)9(11)10-5-6-12-2/h3-4H,5-6H2,1-2H3,(H,10,11). The van der Waals surface area contributed by atoms with E-state index in [4.69, 9.17) is 4.74 Å². The first-order valence-corrected chi connectivity index (χ1v) is 4.89. The number of hydrogen-bond acceptors (Lipinski definition) is 3. The zero-order chi connectivity index (χ0) is 9.68. The summed E-state index contributed by atoms with van der Waals surface area (Å²) in [6, 6.07) is 3.78.